The first-order chi connectivity index (χ1) is 10.2. The molecule has 6 nitrogen and oxygen atoms in total. The molecule has 1 unspecified atom stereocenters. The molecule has 0 radical (unpaired) electrons. The fraction of sp³-hybridized carbons (Fsp3) is 0.467. The zero-order chi connectivity index (χ0) is 14.8. The molecular weight excluding hydrogens is 272 g/mol. The summed E-state index contributed by atoms with van der Waals surface area (Å²) in [5, 5.41) is 8.87. The van der Waals surface area contributed by atoms with Gasteiger partial charge in [-0.15, -0.1) is 0 Å². The predicted molar refractivity (Wildman–Crippen MR) is 73.9 cm³/mol. The van der Waals surface area contributed by atoms with Gasteiger partial charge in [0, 0.05) is 6.42 Å². The Labute approximate surface area is 122 Å². The lowest BCUT2D eigenvalue weighted by Crippen LogP contribution is -2.22. The molecule has 2 aromatic heterocycles. The van der Waals surface area contributed by atoms with Crippen molar-refractivity contribution in [1.29, 1.82) is 0 Å². The number of carboxylic acid groups (broad SMARTS) is 1. The maximum absolute atomic E-state index is 10.8. The molecule has 1 aliphatic rings. The van der Waals surface area contributed by atoms with Crippen LogP contribution in [0.5, 0.6) is 0 Å². The molecule has 1 saturated heterocycles. The average molecular weight is 290 g/mol. The Hall–Kier alpha value is -2.08. The van der Waals surface area contributed by atoms with Gasteiger partial charge in [0.25, 0.3) is 0 Å². The lowest BCUT2D eigenvalue weighted by Gasteiger charge is -2.20. The maximum Gasteiger partial charge on any atom is 0.357 e. The molecule has 0 saturated carbocycles. The Morgan fingerprint density at radius 3 is 3.05 bits per heavy atom. The molecule has 1 N–H and O–H groups in total. The Kier molecular flexibility index (Phi) is 3.79. The van der Waals surface area contributed by atoms with Crippen LogP contribution < -0.4 is 0 Å². The van der Waals surface area contributed by atoms with Gasteiger partial charge in [0.05, 0.1) is 12.6 Å². The van der Waals surface area contributed by atoms with E-state index in [-0.39, 0.29) is 11.7 Å². The largest absolute Gasteiger partial charge is 0.476 e. The third-order valence-corrected chi connectivity index (χ3v) is 3.83. The van der Waals surface area contributed by atoms with E-state index in [1.54, 1.807) is 0 Å². The van der Waals surface area contributed by atoms with E-state index in [9.17, 15) is 4.79 Å². The number of aromatic nitrogens is 1. The van der Waals surface area contributed by atoms with Gasteiger partial charge in [0.2, 0.25) is 5.89 Å². The number of rotatable bonds is 5. The minimum Gasteiger partial charge on any atom is -0.476 e. The predicted octanol–water partition coefficient (Wildman–Crippen LogP) is 2.87. The molecule has 112 valence electrons. The normalized spacial score (nSPS) is 19.2. The van der Waals surface area contributed by atoms with Gasteiger partial charge in [-0.2, -0.15) is 0 Å². The van der Waals surface area contributed by atoms with Crippen LogP contribution in [0.2, 0.25) is 0 Å². The highest BCUT2D eigenvalue weighted by atomic mass is 16.4. The van der Waals surface area contributed by atoms with Crippen LogP contribution in [0.1, 0.15) is 53.7 Å². The first-order valence-corrected chi connectivity index (χ1v) is 7.17. The van der Waals surface area contributed by atoms with Crippen molar-refractivity contribution in [2.24, 2.45) is 0 Å². The highest BCUT2D eigenvalue weighted by molar-refractivity contribution is 5.84. The molecule has 3 rings (SSSR count). The number of hydrogen-bond acceptors (Lipinski definition) is 5. The van der Waals surface area contributed by atoms with Crippen LogP contribution in [-0.2, 0) is 13.0 Å². The highest BCUT2D eigenvalue weighted by Gasteiger charge is 2.29. The van der Waals surface area contributed by atoms with Crippen molar-refractivity contribution < 1.29 is 18.7 Å². The van der Waals surface area contributed by atoms with Crippen LogP contribution in [0.15, 0.2) is 27.2 Å². The van der Waals surface area contributed by atoms with E-state index in [2.05, 4.69) is 16.8 Å². The van der Waals surface area contributed by atoms with E-state index >= 15 is 0 Å². The lowest BCUT2D eigenvalue weighted by atomic mass is 10.1. The summed E-state index contributed by atoms with van der Waals surface area (Å²) in [5.41, 5.74) is -0.0491. The average Bonchev–Trinajstić information content (AvgIpc) is 3.18. The zero-order valence-electron chi connectivity index (χ0n) is 11.9. The van der Waals surface area contributed by atoms with Gasteiger partial charge in [-0.3, -0.25) is 4.90 Å². The van der Waals surface area contributed by atoms with Gasteiger partial charge in [-0.05, 0) is 31.5 Å². The SMILES string of the molecule is CCc1ccc(C2CCCN2Cc2nc(C(=O)O)co2)o1. The van der Waals surface area contributed by atoms with Gasteiger partial charge < -0.3 is 13.9 Å². The Morgan fingerprint density at radius 2 is 2.38 bits per heavy atom. The van der Waals surface area contributed by atoms with Gasteiger partial charge in [-0.1, -0.05) is 6.92 Å². The third-order valence-electron chi connectivity index (χ3n) is 3.83. The molecule has 0 aliphatic carbocycles. The summed E-state index contributed by atoms with van der Waals surface area (Å²) >= 11 is 0. The number of furan rings is 1. The van der Waals surface area contributed by atoms with Crippen molar-refractivity contribution in [2.45, 2.75) is 38.8 Å². The molecule has 1 fully saturated rings. The summed E-state index contributed by atoms with van der Waals surface area (Å²) < 4.78 is 11.1. The van der Waals surface area contributed by atoms with Gasteiger partial charge >= 0.3 is 5.97 Å². The van der Waals surface area contributed by atoms with Gasteiger partial charge in [-0.25, -0.2) is 9.78 Å². The topological polar surface area (TPSA) is 79.7 Å². The number of aromatic carboxylic acids is 1. The van der Waals surface area contributed by atoms with Gasteiger partial charge in [0.1, 0.15) is 17.8 Å². The molecule has 0 spiro atoms. The molecule has 0 aromatic carbocycles. The van der Waals surface area contributed by atoms with Crippen molar-refractivity contribution in [3.8, 4) is 0 Å². The minimum atomic E-state index is -1.07. The van der Waals surface area contributed by atoms with Crippen molar-refractivity contribution in [2.75, 3.05) is 6.54 Å². The van der Waals surface area contributed by atoms with E-state index in [4.69, 9.17) is 13.9 Å². The molecule has 21 heavy (non-hydrogen) atoms. The number of nitrogens with zero attached hydrogens (tertiary/aromatic N) is 2. The summed E-state index contributed by atoms with van der Waals surface area (Å²) in [5.74, 6) is 1.32. The van der Waals surface area contributed by atoms with Crippen LogP contribution in [0.4, 0.5) is 0 Å². The minimum absolute atomic E-state index is 0.0491. The van der Waals surface area contributed by atoms with E-state index in [0.29, 0.717) is 12.4 Å². The number of carboxylic acids is 1. The van der Waals surface area contributed by atoms with Crippen LogP contribution >= 0.6 is 0 Å². The molecule has 1 atom stereocenters. The quantitative estimate of drug-likeness (QED) is 0.912. The van der Waals surface area contributed by atoms with Crippen molar-refractivity contribution in [1.82, 2.24) is 9.88 Å². The first-order valence-electron chi connectivity index (χ1n) is 7.17. The number of likely N-dealkylation sites (tertiary alicyclic amines) is 1. The van der Waals surface area contributed by atoms with E-state index in [1.165, 1.54) is 6.26 Å². The number of carbonyl (C=O) groups is 1. The Bertz CT molecular complexity index is 631. The summed E-state index contributed by atoms with van der Waals surface area (Å²) in [6, 6.07) is 4.25. The molecule has 1 aliphatic heterocycles. The fourth-order valence-corrected chi connectivity index (χ4v) is 2.76. The number of oxazole rings is 1. The Balaban J connectivity index is 1.72. The summed E-state index contributed by atoms with van der Waals surface area (Å²) in [4.78, 5) is 17.0. The van der Waals surface area contributed by atoms with Crippen molar-refractivity contribution in [3.05, 3.63) is 41.5 Å². The summed E-state index contributed by atoms with van der Waals surface area (Å²) in [6.07, 6.45) is 4.18. The second-order valence-electron chi connectivity index (χ2n) is 5.22. The molecule has 3 heterocycles. The van der Waals surface area contributed by atoms with Crippen LogP contribution in [0.25, 0.3) is 0 Å². The smallest absolute Gasteiger partial charge is 0.357 e. The number of hydrogen-bond donors (Lipinski definition) is 1. The molecule has 6 heteroatoms. The first kappa shape index (κ1) is 13.9. The summed E-state index contributed by atoms with van der Waals surface area (Å²) in [6.45, 7) is 3.49. The van der Waals surface area contributed by atoms with Crippen LogP contribution in [0, 0.1) is 0 Å². The second-order valence-corrected chi connectivity index (χ2v) is 5.22. The standard InChI is InChI=1S/C15H18N2O4/c1-2-10-5-6-13(21-10)12-4-3-7-17(12)8-14-16-11(9-20-14)15(18)19/h5-6,9,12H,2-4,7-8H2,1H3,(H,18,19). The van der Waals surface area contributed by atoms with E-state index in [1.807, 2.05) is 12.1 Å². The fourth-order valence-electron chi connectivity index (χ4n) is 2.76. The van der Waals surface area contributed by atoms with E-state index in [0.717, 1.165) is 37.3 Å². The second kappa shape index (κ2) is 5.73. The Morgan fingerprint density at radius 1 is 1.52 bits per heavy atom. The lowest BCUT2D eigenvalue weighted by molar-refractivity contribution is 0.0690. The van der Waals surface area contributed by atoms with Crippen molar-refractivity contribution in [3.63, 3.8) is 0 Å². The van der Waals surface area contributed by atoms with Gasteiger partial charge in [0.15, 0.2) is 5.69 Å². The van der Waals surface area contributed by atoms with Crippen molar-refractivity contribution >= 4 is 5.97 Å². The molecule has 0 bridgehead atoms. The molecule has 2 aromatic rings. The maximum atomic E-state index is 10.8. The molecule has 0 amide bonds. The van der Waals surface area contributed by atoms with E-state index < -0.39 is 5.97 Å². The third kappa shape index (κ3) is 2.85. The zero-order valence-corrected chi connectivity index (χ0v) is 11.9. The summed E-state index contributed by atoms with van der Waals surface area (Å²) in [7, 11) is 0. The molecular formula is C15H18N2O4. The monoisotopic (exact) mass is 290 g/mol. The van der Waals surface area contributed by atoms with Crippen LogP contribution in [0.3, 0.4) is 0 Å². The van der Waals surface area contributed by atoms with Crippen LogP contribution in [-0.4, -0.2) is 27.5 Å². The highest BCUT2D eigenvalue weighted by Crippen LogP contribution is 2.34. The number of aryl methyl sites for hydroxylation is 1.